The minimum atomic E-state index is -0.0729. The summed E-state index contributed by atoms with van der Waals surface area (Å²) in [6, 6.07) is 19.7. The molecule has 3 heterocycles. The van der Waals surface area contributed by atoms with Crippen LogP contribution in [0.4, 0.5) is 5.95 Å². The molecule has 0 N–H and O–H groups in total. The fraction of sp³-hybridized carbons (Fsp3) is 0.150. The molecule has 1 aliphatic rings. The number of aryl methyl sites for hydroxylation is 1. The molecule has 0 fully saturated rings. The van der Waals surface area contributed by atoms with Gasteiger partial charge in [-0.15, -0.1) is 0 Å². The summed E-state index contributed by atoms with van der Waals surface area (Å²) in [6.07, 6.45) is 0. The Morgan fingerprint density at radius 2 is 1.77 bits per heavy atom. The number of hydrogen-bond donors (Lipinski definition) is 0. The van der Waals surface area contributed by atoms with Crippen molar-refractivity contribution in [2.75, 3.05) is 11.4 Å². The topological polar surface area (TPSA) is 56.0 Å². The summed E-state index contributed by atoms with van der Waals surface area (Å²) >= 11 is 0. The number of rotatable bonds is 2. The van der Waals surface area contributed by atoms with Gasteiger partial charge in [-0.2, -0.15) is 5.10 Å². The number of benzene rings is 2. The Morgan fingerprint density at radius 3 is 2.62 bits per heavy atom. The van der Waals surface area contributed by atoms with Crippen LogP contribution >= 0.6 is 0 Å². The number of anilines is 1. The largest absolute Gasteiger partial charge is 0.308 e. The molecule has 2 aromatic carbocycles. The average molecular weight is 343 g/mol. The van der Waals surface area contributed by atoms with Crippen molar-refractivity contribution in [2.45, 2.75) is 6.54 Å². The van der Waals surface area contributed by atoms with Crippen molar-refractivity contribution in [3.63, 3.8) is 0 Å². The first kappa shape index (κ1) is 14.9. The Labute approximate surface area is 150 Å². The highest BCUT2D eigenvalue weighted by Gasteiger charge is 2.30. The molecule has 0 unspecified atom stereocenters. The maximum Gasteiger partial charge on any atom is 0.278 e. The molecule has 0 saturated carbocycles. The van der Waals surface area contributed by atoms with E-state index in [1.807, 2.05) is 60.7 Å². The lowest BCUT2D eigenvalue weighted by molar-refractivity contribution is 0.0979. The molecule has 0 spiro atoms. The molecule has 2 aromatic heterocycles. The van der Waals surface area contributed by atoms with Crippen LogP contribution in [0.5, 0.6) is 0 Å². The fourth-order valence-corrected chi connectivity index (χ4v) is 3.54. The molecule has 0 bridgehead atoms. The van der Waals surface area contributed by atoms with Crippen LogP contribution in [0.3, 0.4) is 0 Å². The van der Waals surface area contributed by atoms with E-state index in [0.717, 1.165) is 28.8 Å². The van der Waals surface area contributed by atoms with Crippen molar-refractivity contribution in [1.29, 1.82) is 0 Å². The Balaban J connectivity index is 1.53. The summed E-state index contributed by atoms with van der Waals surface area (Å²) in [5.74, 6) is 0.634. The van der Waals surface area contributed by atoms with Gasteiger partial charge in [0, 0.05) is 25.7 Å². The first-order valence-corrected chi connectivity index (χ1v) is 8.59. The molecular weight excluding hydrogens is 326 g/mol. The summed E-state index contributed by atoms with van der Waals surface area (Å²) < 4.78 is 3.75. The molecular formula is C20H17N5O. The summed E-state index contributed by atoms with van der Waals surface area (Å²) in [7, 11) is 1.80. The molecule has 26 heavy (non-hydrogen) atoms. The van der Waals surface area contributed by atoms with Gasteiger partial charge in [-0.25, -0.2) is 4.98 Å². The predicted molar refractivity (Wildman–Crippen MR) is 100 cm³/mol. The lowest BCUT2D eigenvalue weighted by Gasteiger charge is -2.13. The summed E-state index contributed by atoms with van der Waals surface area (Å²) in [4.78, 5) is 19.6. The maximum absolute atomic E-state index is 13.2. The third-order valence-corrected chi connectivity index (χ3v) is 4.84. The molecule has 1 amide bonds. The van der Waals surface area contributed by atoms with Crippen molar-refractivity contribution < 1.29 is 4.79 Å². The first-order chi connectivity index (χ1) is 12.7. The Kier molecular flexibility index (Phi) is 3.18. The van der Waals surface area contributed by atoms with E-state index in [1.165, 1.54) is 0 Å². The second kappa shape index (κ2) is 5.56. The van der Waals surface area contributed by atoms with Gasteiger partial charge in [0.2, 0.25) is 5.95 Å². The highest BCUT2D eigenvalue weighted by molar-refractivity contribution is 6.06. The predicted octanol–water partition coefficient (Wildman–Crippen LogP) is 3.10. The molecule has 4 aromatic rings. The van der Waals surface area contributed by atoms with Gasteiger partial charge in [0.15, 0.2) is 0 Å². The molecule has 5 rings (SSSR count). The molecule has 128 valence electrons. The Morgan fingerprint density at radius 1 is 1.00 bits per heavy atom. The van der Waals surface area contributed by atoms with Crippen LogP contribution in [0.15, 0.2) is 60.7 Å². The van der Waals surface area contributed by atoms with E-state index >= 15 is 0 Å². The zero-order valence-electron chi connectivity index (χ0n) is 14.3. The monoisotopic (exact) mass is 343 g/mol. The zero-order valence-corrected chi connectivity index (χ0v) is 14.3. The fourth-order valence-electron chi connectivity index (χ4n) is 3.54. The van der Waals surface area contributed by atoms with E-state index < -0.39 is 0 Å². The van der Waals surface area contributed by atoms with E-state index in [4.69, 9.17) is 0 Å². The third kappa shape index (κ3) is 2.15. The van der Waals surface area contributed by atoms with E-state index in [-0.39, 0.29) is 5.91 Å². The summed E-state index contributed by atoms with van der Waals surface area (Å²) in [5, 5.41) is 4.51. The van der Waals surface area contributed by atoms with Gasteiger partial charge in [-0.05, 0) is 18.2 Å². The van der Waals surface area contributed by atoms with Gasteiger partial charge in [0.25, 0.3) is 5.91 Å². The van der Waals surface area contributed by atoms with E-state index in [9.17, 15) is 4.79 Å². The number of aromatic nitrogens is 4. The van der Waals surface area contributed by atoms with Crippen LogP contribution in [-0.2, 0) is 13.6 Å². The van der Waals surface area contributed by atoms with Gasteiger partial charge in [0.1, 0.15) is 5.69 Å². The van der Waals surface area contributed by atoms with Crippen LogP contribution in [-0.4, -0.2) is 31.8 Å². The third-order valence-electron chi connectivity index (χ3n) is 4.84. The minimum Gasteiger partial charge on any atom is -0.308 e. The normalized spacial score (nSPS) is 13.3. The van der Waals surface area contributed by atoms with Crippen LogP contribution in [0, 0.1) is 0 Å². The number of amides is 1. The van der Waals surface area contributed by atoms with E-state index in [1.54, 1.807) is 16.6 Å². The highest BCUT2D eigenvalue weighted by atomic mass is 16.2. The van der Waals surface area contributed by atoms with Gasteiger partial charge < -0.3 is 4.57 Å². The van der Waals surface area contributed by atoms with Crippen molar-refractivity contribution in [1.82, 2.24) is 19.3 Å². The minimum absolute atomic E-state index is 0.0729. The quantitative estimate of drug-likeness (QED) is 0.562. The molecule has 0 radical (unpaired) electrons. The van der Waals surface area contributed by atoms with Gasteiger partial charge in [-0.1, -0.05) is 42.5 Å². The molecule has 1 aliphatic heterocycles. The Hall–Kier alpha value is -3.41. The van der Waals surface area contributed by atoms with E-state index in [0.29, 0.717) is 18.2 Å². The molecule has 0 aliphatic carbocycles. The van der Waals surface area contributed by atoms with Crippen LogP contribution in [0.1, 0.15) is 10.5 Å². The number of nitrogens with zero attached hydrogens (tertiary/aromatic N) is 5. The number of carbonyl (C=O) groups is 1. The van der Waals surface area contributed by atoms with Crippen LogP contribution in [0.25, 0.3) is 22.3 Å². The molecule has 6 heteroatoms. The number of fused-ring (bicyclic) bond motifs is 3. The maximum atomic E-state index is 13.2. The smallest absolute Gasteiger partial charge is 0.278 e. The van der Waals surface area contributed by atoms with E-state index in [2.05, 4.69) is 14.6 Å². The van der Waals surface area contributed by atoms with Crippen molar-refractivity contribution in [3.8, 4) is 11.3 Å². The second-order valence-electron chi connectivity index (χ2n) is 6.41. The molecule has 0 saturated heterocycles. The lowest BCUT2D eigenvalue weighted by atomic mass is 10.1. The van der Waals surface area contributed by atoms with Crippen molar-refractivity contribution in [2.24, 2.45) is 7.05 Å². The molecule has 6 nitrogen and oxygen atoms in total. The van der Waals surface area contributed by atoms with Gasteiger partial charge in [0.05, 0.1) is 16.7 Å². The van der Waals surface area contributed by atoms with Crippen molar-refractivity contribution in [3.05, 3.63) is 66.4 Å². The second-order valence-corrected chi connectivity index (χ2v) is 6.41. The average Bonchev–Trinajstić information content (AvgIpc) is 3.35. The highest BCUT2D eigenvalue weighted by Crippen LogP contribution is 2.29. The number of hydrogen-bond acceptors (Lipinski definition) is 3. The lowest BCUT2D eigenvalue weighted by Crippen LogP contribution is -2.31. The Bertz CT molecular complexity index is 1130. The molecule has 0 atom stereocenters. The number of para-hydroxylation sites is 2. The first-order valence-electron chi connectivity index (χ1n) is 8.59. The SMILES string of the molecule is Cn1nc(-c2ccccc2)cc1C(=O)N1CCn2c1nc1ccccc12. The zero-order chi connectivity index (χ0) is 17.7. The van der Waals surface area contributed by atoms with Crippen molar-refractivity contribution >= 4 is 22.9 Å². The summed E-state index contributed by atoms with van der Waals surface area (Å²) in [6.45, 7) is 1.38. The standard InChI is InChI=1S/C20H17N5O/c1-23-18(13-16(22-23)14-7-3-2-4-8-14)19(26)25-12-11-24-17-10-6-5-9-15(17)21-20(24)25/h2-10,13H,11-12H2,1H3. The number of imidazole rings is 1. The van der Waals surface area contributed by atoms with Crippen LogP contribution < -0.4 is 4.90 Å². The van der Waals surface area contributed by atoms with Gasteiger partial charge in [-0.3, -0.25) is 14.4 Å². The van der Waals surface area contributed by atoms with Crippen LogP contribution in [0.2, 0.25) is 0 Å². The van der Waals surface area contributed by atoms with Gasteiger partial charge >= 0.3 is 0 Å². The number of carbonyl (C=O) groups excluding carboxylic acids is 1. The summed E-state index contributed by atoms with van der Waals surface area (Å²) in [5.41, 5.74) is 4.33.